The summed E-state index contributed by atoms with van der Waals surface area (Å²) in [6.07, 6.45) is 0. The van der Waals surface area contributed by atoms with Gasteiger partial charge in [-0.2, -0.15) is 0 Å². The molecule has 0 heterocycles. The Kier molecular flexibility index (Phi) is 4.38. The van der Waals surface area contributed by atoms with Crippen molar-refractivity contribution in [3.05, 3.63) is 29.8 Å². The number of hydrogen-bond donors (Lipinski definition) is 1. The number of halogens is 3. The summed E-state index contributed by atoms with van der Waals surface area (Å²) in [6.45, 7) is 0. The summed E-state index contributed by atoms with van der Waals surface area (Å²) < 4.78 is 60.9. The van der Waals surface area contributed by atoms with Crippen LogP contribution >= 0.6 is 0 Å². The van der Waals surface area contributed by atoms with E-state index in [1.165, 1.54) is 18.2 Å². The van der Waals surface area contributed by atoms with Gasteiger partial charge in [0.2, 0.25) is 0 Å². The van der Waals surface area contributed by atoms with Gasteiger partial charge in [-0.25, -0.2) is 0 Å². The van der Waals surface area contributed by atoms with Gasteiger partial charge in [0, 0.05) is 0 Å². The molecule has 1 aromatic rings. The van der Waals surface area contributed by atoms with Crippen molar-refractivity contribution in [1.29, 1.82) is 0 Å². The van der Waals surface area contributed by atoms with Crippen LogP contribution in [-0.2, 0) is 13.4 Å². The molecule has 0 unspecified atom stereocenters. The molecule has 0 spiro atoms. The van der Waals surface area contributed by atoms with Crippen LogP contribution in [0.4, 0.5) is 13.2 Å². The fourth-order valence-corrected chi connectivity index (χ4v) is 3.38. The van der Waals surface area contributed by atoms with Gasteiger partial charge in [0.25, 0.3) is 0 Å². The molecule has 1 aromatic carbocycles. The molecule has 18 heavy (non-hydrogen) atoms. The maximum atomic E-state index is 12.0. The molecule has 0 saturated carbocycles. The van der Waals surface area contributed by atoms with Crippen molar-refractivity contribution < 1.29 is 34.8 Å². The van der Waals surface area contributed by atoms with Crippen molar-refractivity contribution in [1.82, 2.24) is 0 Å². The second-order valence-electron chi connectivity index (χ2n) is 2.85. The number of carboxylic acid groups (broad SMARTS) is 1. The van der Waals surface area contributed by atoms with Crippen molar-refractivity contribution in [2.24, 2.45) is 0 Å². The average Bonchev–Trinajstić information content (AvgIpc) is 2.25. The Labute approximate surface area is 106 Å². The first-order chi connectivity index (χ1) is 8.15. The molecule has 0 radical (unpaired) electrons. The third-order valence-electron chi connectivity index (χ3n) is 1.61. The fraction of sp³-hybridized carbons (Fsp3) is 0.125. The van der Waals surface area contributed by atoms with Crippen LogP contribution in [0.25, 0.3) is 0 Å². The maximum absolute atomic E-state index is 12.0. The molecule has 5 nitrogen and oxygen atoms in total. The van der Waals surface area contributed by atoms with Crippen LogP contribution in [0.3, 0.4) is 0 Å². The summed E-state index contributed by atoms with van der Waals surface area (Å²) in [5, 5.41) is 8.74. The Bertz CT molecular complexity index is 554. The molecule has 0 fully saturated rings. The Balaban J connectivity index is 2.92. The SMILES string of the molecule is O=C(O)c1ccccc1[Se]OS(=O)(=O)C(F)(F)F. The first kappa shape index (κ1) is 15.0. The van der Waals surface area contributed by atoms with E-state index >= 15 is 0 Å². The summed E-state index contributed by atoms with van der Waals surface area (Å²) in [4.78, 5) is 10.7. The third kappa shape index (κ3) is 3.45. The number of carboxylic acids is 1. The van der Waals surface area contributed by atoms with Gasteiger partial charge in [-0.15, -0.1) is 0 Å². The van der Waals surface area contributed by atoms with E-state index < -0.39 is 36.9 Å². The van der Waals surface area contributed by atoms with Crippen LogP contribution in [0.2, 0.25) is 0 Å². The van der Waals surface area contributed by atoms with Crippen LogP contribution in [-0.4, -0.2) is 40.3 Å². The van der Waals surface area contributed by atoms with Gasteiger partial charge >= 0.3 is 106 Å². The van der Waals surface area contributed by atoms with E-state index in [4.69, 9.17) is 5.11 Å². The molecule has 0 atom stereocenters. The van der Waals surface area contributed by atoms with Gasteiger partial charge < -0.3 is 0 Å². The molecule has 0 bridgehead atoms. The predicted octanol–water partition coefficient (Wildman–Crippen LogP) is 0.495. The Morgan fingerprint density at radius 1 is 1.28 bits per heavy atom. The third-order valence-corrected chi connectivity index (χ3v) is 5.11. The average molecular weight is 349 g/mol. The van der Waals surface area contributed by atoms with Crippen molar-refractivity contribution in [2.75, 3.05) is 0 Å². The van der Waals surface area contributed by atoms with Gasteiger partial charge in [-0.3, -0.25) is 0 Å². The van der Waals surface area contributed by atoms with Crippen molar-refractivity contribution in [2.45, 2.75) is 5.51 Å². The van der Waals surface area contributed by atoms with E-state index in [2.05, 4.69) is 3.27 Å². The zero-order chi connectivity index (χ0) is 14.0. The number of hydrogen-bond acceptors (Lipinski definition) is 4. The summed E-state index contributed by atoms with van der Waals surface area (Å²) in [6, 6.07) is 5.06. The van der Waals surface area contributed by atoms with E-state index in [-0.39, 0.29) is 10.0 Å². The van der Waals surface area contributed by atoms with Gasteiger partial charge in [-0.05, 0) is 0 Å². The first-order valence-electron chi connectivity index (χ1n) is 4.15. The summed E-state index contributed by atoms with van der Waals surface area (Å²) in [7, 11) is -5.70. The molecule has 100 valence electrons. The standard InChI is InChI=1S/C8H5F3O5SSe/c9-8(10,11)17(14,15)16-18-6-4-2-1-3-5(6)7(12)13/h1-4H,(H,12,13). The molecule has 0 aliphatic rings. The second kappa shape index (κ2) is 5.27. The van der Waals surface area contributed by atoms with E-state index in [0.717, 1.165) is 6.07 Å². The van der Waals surface area contributed by atoms with Crippen molar-refractivity contribution >= 4 is 35.8 Å². The minimum absolute atomic E-state index is 0.106. The zero-order valence-corrected chi connectivity index (χ0v) is 10.9. The molecular weight excluding hydrogens is 344 g/mol. The number of aromatic carboxylic acids is 1. The van der Waals surface area contributed by atoms with Crippen LogP contribution < -0.4 is 4.46 Å². The Morgan fingerprint density at radius 2 is 1.83 bits per heavy atom. The summed E-state index contributed by atoms with van der Waals surface area (Å²) >= 11 is -1.61. The minimum atomic E-state index is -5.70. The van der Waals surface area contributed by atoms with Crippen LogP contribution in [0.5, 0.6) is 0 Å². The van der Waals surface area contributed by atoms with Crippen molar-refractivity contribution in [3.8, 4) is 0 Å². The van der Waals surface area contributed by atoms with Crippen molar-refractivity contribution in [3.63, 3.8) is 0 Å². The summed E-state index contributed by atoms with van der Waals surface area (Å²) in [5.41, 5.74) is -5.82. The first-order valence-corrected chi connectivity index (χ1v) is 7.11. The number of benzene rings is 1. The molecule has 0 aliphatic carbocycles. The fourth-order valence-electron chi connectivity index (χ4n) is 0.836. The summed E-state index contributed by atoms with van der Waals surface area (Å²) in [5.74, 6) is -1.37. The Morgan fingerprint density at radius 3 is 2.33 bits per heavy atom. The van der Waals surface area contributed by atoms with E-state index in [1.807, 2.05) is 0 Å². The quantitative estimate of drug-likeness (QED) is 0.632. The van der Waals surface area contributed by atoms with Gasteiger partial charge in [-0.1, -0.05) is 0 Å². The molecule has 0 amide bonds. The van der Waals surface area contributed by atoms with Gasteiger partial charge in [0.15, 0.2) is 0 Å². The van der Waals surface area contributed by atoms with Gasteiger partial charge in [0.05, 0.1) is 0 Å². The molecule has 0 aliphatic heterocycles. The number of carbonyl (C=O) groups is 1. The normalized spacial score (nSPS) is 12.4. The number of alkyl halides is 3. The molecule has 1 N–H and O–H groups in total. The van der Waals surface area contributed by atoms with Crippen LogP contribution in [0.1, 0.15) is 10.4 Å². The Hall–Kier alpha value is -1.09. The van der Waals surface area contributed by atoms with Crippen LogP contribution in [0, 0.1) is 0 Å². The monoisotopic (exact) mass is 350 g/mol. The van der Waals surface area contributed by atoms with E-state index in [1.54, 1.807) is 0 Å². The van der Waals surface area contributed by atoms with Gasteiger partial charge in [0.1, 0.15) is 0 Å². The molecule has 10 heteroatoms. The zero-order valence-electron chi connectivity index (χ0n) is 8.34. The predicted molar refractivity (Wildman–Crippen MR) is 54.8 cm³/mol. The molecule has 0 aromatic heterocycles. The van der Waals surface area contributed by atoms with E-state index in [0.29, 0.717) is 0 Å². The molecular formula is C8H5F3O5SSe. The molecule has 0 saturated heterocycles. The van der Waals surface area contributed by atoms with E-state index in [9.17, 15) is 26.4 Å². The van der Waals surface area contributed by atoms with Crippen LogP contribution in [0.15, 0.2) is 24.3 Å². The second-order valence-corrected chi connectivity index (χ2v) is 6.49. The topological polar surface area (TPSA) is 80.7 Å². The number of rotatable bonds is 4. The molecule has 1 rings (SSSR count).